The van der Waals surface area contributed by atoms with Crippen LogP contribution in [0.25, 0.3) is 0 Å². The lowest BCUT2D eigenvalue weighted by Gasteiger charge is -2.38. The summed E-state index contributed by atoms with van der Waals surface area (Å²) < 4.78 is 5.35. The van der Waals surface area contributed by atoms with Crippen LogP contribution >= 0.6 is 0 Å². The van der Waals surface area contributed by atoms with Crippen LogP contribution in [0.15, 0.2) is 48.5 Å². The summed E-state index contributed by atoms with van der Waals surface area (Å²) in [5.74, 6) is 2.12. The van der Waals surface area contributed by atoms with E-state index in [1.165, 1.54) is 44.2 Å². The number of amides is 1. The molecule has 1 heterocycles. The van der Waals surface area contributed by atoms with Gasteiger partial charge in [-0.05, 0) is 80.8 Å². The minimum atomic E-state index is -0.113. The Morgan fingerprint density at radius 3 is 2.27 bits per heavy atom. The maximum Gasteiger partial charge on any atom is 0.228 e. The van der Waals surface area contributed by atoms with E-state index in [0.29, 0.717) is 12.5 Å². The fourth-order valence-electron chi connectivity index (χ4n) is 5.66. The van der Waals surface area contributed by atoms with Crippen LogP contribution in [-0.2, 0) is 11.3 Å². The molecule has 33 heavy (non-hydrogen) atoms. The maximum absolute atomic E-state index is 13.5. The second-order valence-electron chi connectivity index (χ2n) is 10.1. The van der Waals surface area contributed by atoms with Gasteiger partial charge in [0.1, 0.15) is 5.75 Å². The molecular weight excluding hydrogens is 408 g/mol. The highest BCUT2D eigenvalue weighted by Gasteiger charge is 2.33. The summed E-state index contributed by atoms with van der Waals surface area (Å²) in [5.41, 5.74) is 3.48. The van der Waals surface area contributed by atoms with Crippen LogP contribution in [0.5, 0.6) is 5.75 Å². The van der Waals surface area contributed by atoms with E-state index < -0.39 is 0 Å². The first-order valence-corrected chi connectivity index (χ1v) is 12.8. The Bertz CT molecular complexity index is 863. The third kappa shape index (κ3) is 6.60. The first-order valence-electron chi connectivity index (χ1n) is 12.8. The van der Waals surface area contributed by atoms with Crippen molar-refractivity contribution >= 4 is 5.91 Å². The number of nitrogens with one attached hydrogen (secondary N) is 1. The highest BCUT2D eigenvalue weighted by atomic mass is 16.5. The Labute approximate surface area is 199 Å². The summed E-state index contributed by atoms with van der Waals surface area (Å²) >= 11 is 0. The van der Waals surface area contributed by atoms with Gasteiger partial charge >= 0.3 is 0 Å². The van der Waals surface area contributed by atoms with Crippen LogP contribution in [0.3, 0.4) is 0 Å². The van der Waals surface area contributed by atoms with Gasteiger partial charge in [-0.2, -0.15) is 0 Å². The molecule has 1 unspecified atom stereocenters. The number of nitrogens with zero attached hydrogens (tertiary/aromatic N) is 1. The van der Waals surface area contributed by atoms with Crippen LogP contribution in [0.2, 0.25) is 0 Å². The SMILES string of the molecule is COc1ccc(C(C(=O)NCc2ccc(C)cc2)C2CCN(CC3CCCCC3)CC2)cc1. The van der Waals surface area contributed by atoms with Gasteiger partial charge in [0.2, 0.25) is 5.91 Å². The number of aryl methyl sites for hydroxylation is 1. The van der Waals surface area contributed by atoms with Crippen LogP contribution in [0, 0.1) is 18.8 Å². The number of piperidine rings is 1. The number of likely N-dealkylation sites (tertiary alicyclic amines) is 1. The molecule has 2 aliphatic rings. The number of carbonyl (C=O) groups excluding carboxylic acids is 1. The summed E-state index contributed by atoms with van der Waals surface area (Å²) in [6, 6.07) is 16.5. The van der Waals surface area contributed by atoms with Gasteiger partial charge in [0.05, 0.1) is 13.0 Å². The Morgan fingerprint density at radius 1 is 0.970 bits per heavy atom. The Kier molecular flexibility index (Phi) is 8.44. The molecule has 0 spiro atoms. The largest absolute Gasteiger partial charge is 0.497 e. The van der Waals surface area contributed by atoms with Gasteiger partial charge in [-0.25, -0.2) is 0 Å². The molecule has 4 rings (SSSR count). The molecule has 2 aromatic rings. The Morgan fingerprint density at radius 2 is 1.64 bits per heavy atom. The van der Waals surface area contributed by atoms with E-state index >= 15 is 0 Å². The predicted octanol–water partition coefficient (Wildman–Crippen LogP) is 5.70. The van der Waals surface area contributed by atoms with Crippen molar-refractivity contribution in [2.75, 3.05) is 26.7 Å². The Hall–Kier alpha value is -2.33. The summed E-state index contributed by atoms with van der Waals surface area (Å²) in [4.78, 5) is 16.1. The molecule has 1 amide bonds. The molecule has 0 radical (unpaired) electrons. The van der Waals surface area contributed by atoms with Crippen molar-refractivity contribution in [3.8, 4) is 5.75 Å². The minimum absolute atomic E-state index is 0.113. The molecule has 2 fully saturated rings. The van der Waals surface area contributed by atoms with E-state index in [4.69, 9.17) is 4.74 Å². The Balaban J connectivity index is 1.41. The number of hydrogen-bond acceptors (Lipinski definition) is 3. The molecule has 1 atom stereocenters. The van der Waals surface area contributed by atoms with Gasteiger partial charge in [0, 0.05) is 13.1 Å². The number of benzene rings is 2. The van der Waals surface area contributed by atoms with Crippen LogP contribution in [0.1, 0.15) is 67.6 Å². The van der Waals surface area contributed by atoms with E-state index in [2.05, 4.69) is 53.5 Å². The number of methoxy groups -OCH3 is 1. The van der Waals surface area contributed by atoms with Gasteiger partial charge in [0.25, 0.3) is 0 Å². The lowest BCUT2D eigenvalue weighted by atomic mass is 9.79. The second kappa shape index (κ2) is 11.7. The number of ether oxygens (including phenoxy) is 1. The molecule has 4 heteroatoms. The smallest absolute Gasteiger partial charge is 0.228 e. The third-order valence-corrected chi connectivity index (χ3v) is 7.69. The molecular formula is C29H40N2O2. The van der Waals surface area contributed by atoms with Crippen LogP contribution < -0.4 is 10.1 Å². The molecule has 1 N–H and O–H groups in total. The van der Waals surface area contributed by atoms with Gasteiger partial charge in [-0.1, -0.05) is 61.2 Å². The first-order chi connectivity index (χ1) is 16.1. The van der Waals surface area contributed by atoms with E-state index in [9.17, 15) is 4.79 Å². The third-order valence-electron chi connectivity index (χ3n) is 7.69. The van der Waals surface area contributed by atoms with E-state index in [1.807, 2.05) is 12.1 Å². The summed E-state index contributed by atoms with van der Waals surface area (Å²) in [6.45, 7) is 6.13. The van der Waals surface area contributed by atoms with Crippen molar-refractivity contribution in [1.29, 1.82) is 0 Å². The van der Waals surface area contributed by atoms with Crippen molar-refractivity contribution in [3.63, 3.8) is 0 Å². The zero-order valence-electron chi connectivity index (χ0n) is 20.4. The van der Waals surface area contributed by atoms with Gasteiger partial charge in [-0.15, -0.1) is 0 Å². The molecule has 1 saturated carbocycles. The first kappa shape index (κ1) is 23.8. The fourth-order valence-corrected chi connectivity index (χ4v) is 5.66. The van der Waals surface area contributed by atoms with Crippen LogP contribution in [-0.4, -0.2) is 37.6 Å². The monoisotopic (exact) mass is 448 g/mol. The highest BCUT2D eigenvalue weighted by molar-refractivity contribution is 5.84. The molecule has 1 aliphatic heterocycles. The molecule has 1 aliphatic carbocycles. The van der Waals surface area contributed by atoms with Crippen molar-refractivity contribution < 1.29 is 9.53 Å². The average Bonchev–Trinajstić information content (AvgIpc) is 2.86. The minimum Gasteiger partial charge on any atom is -0.497 e. The molecule has 0 bridgehead atoms. The predicted molar refractivity (Wildman–Crippen MR) is 134 cm³/mol. The van der Waals surface area contributed by atoms with E-state index in [-0.39, 0.29) is 11.8 Å². The summed E-state index contributed by atoms with van der Waals surface area (Å²) in [6.07, 6.45) is 9.19. The highest BCUT2D eigenvalue weighted by Crippen LogP contribution is 2.35. The summed E-state index contributed by atoms with van der Waals surface area (Å²) in [5, 5.41) is 3.24. The zero-order chi connectivity index (χ0) is 23.0. The molecule has 0 aromatic heterocycles. The molecule has 4 nitrogen and oxygen atoms in total. The standard InChI is InChI=1S/C29H40N2O2/c1-22-8-10-23(11-9-22)20-30-29(32)28(25-12-14-27(33-2)15-13-25)26-16-18-31(19-17-26)21-24-6-4-3-5-7-24/h8-15,24,26,28H,3-7,16-21H2,1-2H3,(H,30,32). The quantitative estimate of drug-likeness (QED) is 0.564. The van der Waals surface area contributed by atoms with Crippen LogP contribution in [0.4, 0.5) is 0 Å². The zero-order valence-corrected chi connectivity index (χ0v) is 20.4. The normalized spacial score (nSPS) is 19.2. The average molecular weight is 449 g/mol. The number of carbonyl (C=O) groups is 1. The van der Waals surface area contributed by atoms with E-state index in [0.717, 1.165) is 48.7 Å². The van der Waals surface area contributed by atoms with Crippen molar-refractivity contribution in [3.05, 3.63) is 65.2 Å². The van der Waals surface area contributed by atoms with Crippen molar-refractivity contribution in [2.45, 2.75) is 64.3 Å². The lowest BCUT2D eigenvalue weighted by Crippen LogP contribution is -2.42. The maximum atomic E-state index is 13.5. The molecule has 2 aromatic carbocycles. The van der Waals surface area contributed by atoms with Gasteiger partial charge in [-0.3, -0.25) is 4.79 Å². The topological polar surface area (TPSA) is 41.6 Å². The number of hydrogen-bond donors (Lipinski definition) is 1. The van der Waals surface area contributed by atoms with Gasteiger partial charge in [0.15, 0.2) is 0 Å². The van der Waals surface area contributed by atoms with Crippen molar-refractivity contribution in [1.82, 2.24) is 10.2 Å². The number of rotatable bonds is 8. The van der Waals surface area contributed by atoms with E-state index in [1.54, 1.807) is 7.11 Å². The second-order valence-corrected chi connectivity index (χ2v) is 10.1. The molecule has 1 saturated heterocycles. The fraction of sp³-hybridized carbons (Fsp3) is 0.552. The van der Waals surface area contributed by atoms with Crippen molar-refractivity contribution in [2.24, 2.45) is 11.8 Å². The lowest BCUT2D eigenvalue weighted by molar-refractivity contribution is -0.124. The summed E-state index contributed by atoms with van der Waals surface area (Å²) in [7, 11) is 1.68. The molecule has 178 valence electrons. The van der Waals surface area contributed by atoms with Gasteiger partial charge < -0.3 is 15.0 Å².